The second-order valence-electron chi connectivity index (χ2n) is 4.62. The van der Waals surface area contributed by atoms with E-state index in [1.165, 1.54) is 19.3 Å². The summed E-state index contributed by atoms with van der Waals surface area (Å²) < 4.78 is 13.8. The van der Waals surface area contributed by atoms with Crippen LogP contribution in [0.25, 0.3) is 0 Å². The summed E-state index contributed by atoms with van der Waals surface area (Å²) in [5.41, 5.74) is 6.70. The molecule has 0 heterocycles. The average molecular weight is 207 g/mol. The van der Waals surface area contributed by atoms with Gasteiger partial charge in [0.15, 0.2) is 0 Å². The standard InChI is InChI=1S/C13H18FN/c1-9-5-2-3-6-10(9)11-7-4-8-12(15)13(11)14/h4,7-10H,2-3,5-6,15H2,1H3/t9-,10-/m1/s1. The second-order valence-corrected chi connectivity index (χ2v) is 4.62. The fourth-order valence-corrected chi connectivity index (χ4v) is 2.63. The van der Waals surface area contributed by atoms with Gasteiger partial charge in [-0.25, -0.2) is 4.39 Å². The fourth-order valence-electron chi connectivity index (χ4n) is 2.63. The van der Waals surface area contributed by atoms with Crippen LogP contribution in [0.1, 0.15) is 44.1 Å². The zero-order valence-corrected chi connectivity index (χ0v) is 9.17. The third-order valence-corrected chi connectivity index (χ3v) is 3.57. The molecule has 1 aliphatic carbocycles. The van der Waals surface area contributed by atoms with Gasteiger partial charge in [-0.05, 0) is 29.9 Å². The van der Waals surface area contributed by atoms with Crippen molar-refractivity contribution in [3.05, 3.63) is 29.6 Å². The monoisotopic (exact) mass is 207 g/mol. The first-order chi connectivity index (χ1) is 7.20. The Bertz CT molecular complexity index is 348. The maximum atomic E-state index is 13.8. The molecule has 1 saturated carbocycles. The summed E-state index contributed by atoms with van der Waals surface area (Å²) in [7, 11) is 0. The highest BCUT2D eigenvalue weighted by Gasteiger charge is 2.25. The predicted molar refractivity (Wildman–Crippen MR) is 61.2 cm³/mol. The summed E-state index contributed by atoms with van der Waals surface area (Å²) in [5, 5.41) is 0. The predicted octanol–water partition coefficient (Wildman–Crippen LogP) is 3.70. The van der Waals surface area contributed by atoms with Gasteiger partial charge >= 0.3 is 0 Å². The van der Waals surface area contributed by atoms with Crippen LogP contribution in [0.3, 0.4) is 0 Å². The highest BCUT2D eigenvalue weighted by atomic mass is 19.1. The Morgan fingerprint density at radius 2 is 2.00 bits per heavy atom. The second kappa shape index (κ2) is 4.21. The molecule has 15 heavy (non-hydrogen) atoms. The third-order valence-electron chi connectivity index (χ3n) is 3.57. The minimum Gasteiger partial charge on any atom is -0.396 e. The molecule has 2 rings (SSSR count). The first-order valence-electron chi connectivity index (χ1n) is 5.74. The van der Waals surface area contributed by atoms with Crippen LogP contribution in [-0.2, 0) is 0 Å². The van der Waals surface area contributed by atoms with Gasteiger partial charge in [0, 0.05) is 0 Å². The molecule has 0 bridgehead atoms. The molecule has 1 aromatic rings. The maximum absolute atomic E-state index is 13.8. The lowest BCUT2D eigenvalue weighted by Crippen LogP contribution is -2.16. The maximum Gasteiger partial charge on any atom is 0.149 e. The topological polar surface area (TPSA) is 26.0 Å². The number of anilines is 1. The van der Waals surface area contributed by atoms with Gasteiger partial charge in [0.05, 0.1) is 5.69 Å². The van der Waals surface area contributed by atoms with Crippen molar-refractivity contribution in [1.82, 2.24) is 0 Å². The van der Waals surface area contributed by atoms with Gasteiger partial charge in [0.2, 0.25) is 0 Å². The van der Waals surface area contributed by atoms with E-state index in [9.17, 15) is 4.39 Å². The molecule has 2 heteroatoms. The van der Waals surface area contributed by atoms with Crippen molar-refractivity contribution in [2.75, 3.05) is 5.73 Å². The van der Waals surface area contributed by atoms with Crippen LogP contribution in [0.5, 0.6) is 0 Å². The highest BCUT2D eigenvalue weighted by Crippen LogP contribution is 2.39. The Kier molecular flexibility index (Phi) is 2.94. The van der Waals surface area contributed by atoms with E-state index >= 15 is 0 Å². The van der Waals surface area contributed by atoms with Crippen LogP contribution in [0.2, 0.25) is 0 Å². The minimum atomic E-state index is -0.198. The summed E-state index contributed by atoms with van der Waals surface area (Å²) in [6.07, 6.45) is 4.80. The van der Waals surface area contributed by atoms with Gasteiger partial charge in [0.1, 0.15) is 5.82 Å². The number of nitrogen functional groups attached to an aromatic ring is 1. The molecule has 0 unspecified atom stereocenters. The molecule has 0 amide bonds. The highest BCUT2D eigenvalue weighted by molar-refractivity contribution is 5.44. The van der Waals surface area contributed by atoms with Crippen molar-refractivity contribution in [3.63, 3.8) is 0 Å². The van der Waals surface area contributed by atoms with Gasteiger partial charge in [-0.15, -0.1) is 0 Å². The first kappa shape index (κ1) is 10.5. The lowest BCUT2D eigenvalue weighted by molar-refractivity contribution is 0.323. The van der Waals surface area contributed by atoms with Crippen molar-refractivity contribution < 1.29 is 4.39 Å². The first-order valence-corrected chi connectivity index (χ1v) is 5.74. The van der Waals surface area contributed by atoms with Gasteiger partial charge in [-0.1, -0.05) is 38.3 Å². The van der Waals surface area contributed by atoms with Gasteiger partial charge in [-0.2, -0.15) is 0 Å². The van der Waals surface area contributed by atoms with Crippen LogP contribution in [0.15, 0.2) is 18.2 Å². The molecule has 2 N–H and O–H groups in total. The fraction of sp³-hybridized carbons (Fsp3) is 0.538. The molecule has 1 fully saturated rings. The molecule has 2 atom stereocenters. The van der Waals surface area contributed by atoms with E-state index in [0.717, 1.165) is 12.0 Å². The molecule has 0 aromatic heterocycles. The summed E-state index contributed by atoms with van der Waals surface area (Å²) >= 11 is 0. The number of halogens is 1. The SMILES string of the molecule is C[C@@H]1CCCC[C@H]1c1cccc(N)c1F. The van der Waals surface area contributed by atoms with E-state index < -0.39 is 0 Å². The Morgan fingerprint density at radius 3 is 2.73 bits per heavy atom. The lowest BCUT2D eigenvalue weighted by atomic mass is 9.76. The number of benzene rings is 1. The molecule has 0 radical (unpaired) electrons. The molecular weight excluding hydrogens is 189 g/mol. The van der Waals surface area contributed by atoms with E-state index in [0.29, 0.717) is 11.8 Å². The smallest absolute Gasteiger partial charge is 0.149 e. The van der Waals surface area contributed by atoms with Crippen molar-refractivity contribution in [2.45, 2.75) is 38.5 Å². The van der Waals surface area contributed by atoms with Crippen LogP contribution < -0.4 is 5.73 Å². The molecule has 82 valence electrons. The summed E-state index contributed by atoms with van der Waals surface area (Å²) in [4.78, 5) is 0. The van der Waals surface area contributed by atoms with Crippen molar-refractivity contribution in [1.29, 1.82) is 0 Å². The van der Waals surface area contributed by atoms with Crippen LogP contribution in [0, 0.1) is 11.7 Å². The van der Waals surface area contributed by atoms with E-state index in [4.69, 9.17) is 5.73 Å². The van der Waals surface area contributed by atoms with Crippen LogP contribution in [-0.4, -0.2) is 0 Å². The largest absolute Gasteiger partial charge is 0.396 e. The average Bonchev–Trinajstić information content (AvgIpc) is 2.23. The Hall–Kier alpha value is -1.05. The minimum absolute atomic E-state index is 0.198. The third kappa shape index (κ3) is 1.99. The molecule has 0 spiro atoms. The number of hydrogen-bond donors (Lipinski definition) is 1. The lowest BCUT2D eigenvalue weighted by Gasteiger charge is -2.29. The van der Waals surface area contributed by atoms with Crippen LogP contribution in [0.4, 0.5) is 10.1 Å². The van der Waals surface area contributed by atoms with E-state index in [2.05, 4.69) is 6.92 Å². The molecule has 1 aliphatic rings. The van der Waals surface area contributed by atoms with Gasteiger partial charge in [-0.3, -0.25) is 0 Å². The summed E-state index contributed by atoms with van der Waals surface area (Å²) in [5.74, 6) is 0.744. The van der Waals surface area contributed by atoms with E-state index in [1.54, 1.807) is 6.07 Å². The normalized spacial score (nSPS) is 26.5. The number of hydrogen-bond acceptors (Lipinski definition) is 1. The van der Waals surface area contributed by atoms with Crippen molar-refractivity contribution in [3.8, 4) is 0 Å². The quantitative estimate of drug-likeness (QED) is 0.698. The van der Waals surface area contributed by atoms with E-state index in [1.807, 2.05) is 12.1 Å². The van der Waals surface area contributed by atoms with Gasteiger partial charge in [0.25, 0.3) is 0 Å². The molecule has 0 aliphatic heterocycles. The molecule has 1 nitrogen and oxygen atoms in total. The Morgan fingerprint density at radius 1 is 1.27 bits per heavy atom. The molecular formula is C13H18FN. The zero-order chi connectivity index (χ0) is 10.8. The van der Waals surface area contributed by atoms with Gasteiger partial charge < -0.3 is 5.73 Å². The van der Waals surface area contributed by atoms with E-state index in [-0.39, 0.29) is 11.5 Å². The molecule has 0 saturated heterocycles. The number of nitrogens with two attached hydrogens (primary N) is 1. The summed E-state index contributed by atoms with van der Waals surface area (Å²) in [6.45, 7) is 2.21. The number of rotatable bonds is 1. The van der Waals surface area contributed by atoms with Crippen molar-refractivity contribution in [2.24, 2.45) is 5.92 Å². The van der Waals surface area contributed by atoms with Crippen molar-refractivity contribution >= 4 is 5.69 Å². The van der Waals surface area contributed by atoms with Crippen LogP contribution >= 0.6 is 0 Å². The Labute approximate surface area is 90.5 Å². The molecule has 1 aromatic carbocycles. The Balaban J connectivity index is 2.31. The summed E-state index contributed by atoms with van der Waals surface area (Å²) in [6, 6.07) is 5.37. The zero-order valence-electron chi connectivity index (χ0n) is 9.17.